The Hall–Kier alpha value is -4.13. The largest absolute Gasteiger partial charge is 0.345 e. The summed E-state index contributed by atoms with van der Waals surface area (Å²) in [6.45, 7) is 0. The number of rotatable bonds is 2. The lowest BCUT2D eigenvalue weighted by Gasteiger charge is -2.03. The molecule has 0 aliphatic carbocycles. The zero-order valence-corrected chi connectivity index (χ0v) is 14.6. The number of hydrogen-bond acceptors (Lipinski definition) is 5. The minimum Gasteiger partial charge on any atom is -0.345 e. The standard InChI is InChI=1S/C21H13N7/c1-2-13-10-14(3-4-17(13)22-7-1)20-24-12-16-15(11-25-21(16)26-20)18-5-6-19-23-8-9-28(19)27-18/h1-12H,(H,24,25,26). The predicted octanol–water partition coefficient (Wildman–Crippen LogP) is 3.88. The number of nitrogens with one attached hydrogen (secondary N) is 1. The second kappa shape index (κ2) is 5.68. The summed E-state index contributed by atoms with van der Waals surface area (Å²) in [4.78, 5) is 21.2. The molecule has 0 amide bonds. The van der Waals surface area contributed by atoms with Crippen LogP contribution in [0.25, 0.3) is 50.2 Å². The lowest BCUT2D eigenvalue weighted by Crippen LogP contribution is -1.93. The first-order chi connectivity index (χ1) is 13.8. The van der Waals surface area contributed by atoms with Crippen molar-refractivity contribution in [2.75, 3.05) is 0 Å². The Morgan fingerprint density at radius 1 is 0.929 bits per heavy atom. The number of aromatic amines is 1. The van der Waals surface area contributed by atoms with Crippen LogP contribution in [0, 0.1) is 0 Å². The van der Waals surface area contributed by atoms with Crippen molar-refractivity contribution >= 4 is 27.6 Å². The van der Waals surface area contributed by atoms with E-state index < -0.39 is 0 Å². The van der Waals surface area contributed by atoms with E-state index in [1.807, 2.05) is 55.0 Å². The molecule has 1 N–H and O–H groups in total. The highest BCUT2D eigenvalue weighted by atomic mass is 15.2. The SMILES string of the molecule is c1cnc2ccc(-c3ncc4c(-c5ccc6nccn6n5)c[nH]c4n3)cc2c1. The average molecular weight is 363 g/mol. The molecule has 132 valence electrons. The van der Waals surface area contributed by atoms with Crippen molar-refractivity contribution in [2.24, 2.45) is 0 Å². The number of pyridine rings is 1. The lowest BCUT2D eigenvalue weighted by molar-refractivity contribution is 0.943. The summed E-state index contributed by atoms with van der Waals surface area (Å²) >= 11 is 0. The van der Waals surface area contributed by atoms with Gasteiger partial charge in [0.15, 0.2) is 11.5 Å². The van der Waals surface area contributed by atoms with Gasteiger partial charge in [-0.1, -0.05) is 6.07 Å². The number of aromatic nitrogens is 7. The minimum atomic E-state index is 0.671. The van der Waals surface area contributed by atoms with Crippen LogP contribution in [-0.2, 0) is 0 Å². The van der Waals surface area contributed by atoms with Gasteiger partial charge in [-0.2, -0.15) is 5.10 Å². The Morgan fingerprint density at radius 2 is 1.93 bits per heavy atom. The highest BCUT2D eigenvalue weighted by Crippen LogP contribution is 2.28. The number of H-pyrrole nitrogens is 1. The maximum atomic E-state index is 4.72. The topological polar surface area (TPSA) is 84.6 Å². The summed E-state index contributed by atoms with van der Waals surface area (Å²) in [6, 6.07) is 13.9. The molecule has 0 saturated carbocycles. The van der Waals surface area contributed by atoms with Gasteiger partial charge in [-0.25, -0.2) is 19.5 Å². The smallest absolute Gasteiger partial charge is 0.161 e. The van der Waals surface area contributed by atoms with Crippen molar-refractivity contribution in [3.05, 3.63) is 73.4 Å². The van der Waals surface area contributed by atoms with Gasteiger partial charge in [-0.05, 0) is 36.4 Å². The molecule has 1 aromatic carbocycles. The summed E-state index contributed by atoms with van der Waals surface area (Å²) in [5, 5.41) is 6.61. The molecule has 6 rings (SSSR count). The van der Waals surface area contributed by atoms with Crippen LogP contribution in [0.1, 0.15) is 0 Å². The molecule has 0 aliphatic heterocycles. The van der Waals surface area contributed by atoms with Gasteiger partial charge in [0.2, 0.25) is 0 Å². The summed E-state index contributed by atoms with van der Waals surface area (Å²) < 4.78 is 1.76. The number of imidazole rings is 1. The van der Waals surface area contributed by atoms with Crippen LogP contribution in [0.5, 0.6) is 0 Å². The third-order valence-electron chi connectivity index (χ3n) is 4.82. The van der Waals surface area contributed by atoms with Gasteiger partial charge in [0, 0.05) is 52.9 Å². The fraction of sp³-hybridized carbons (Fsp3) is 0. The summed E-state index contributed by atoms with van der Waals surface area (Å²) in [6.07, 6.45) is 9.11. The van der Waals surface area contributed by atoms with Gasteiger partial charge in [-0.15, -0.1) is 0 Å². The number of nitrogens with zero attached hydrogens (tertiary/aromatic N) is 6. The molecular weight excluding hydrogens is 350 g/mol. The van der Waals surface area contributed by atoms with E-state index >= 15 is 0 Å². The van der Waals surface area contributed by atoms with Crippen molar-refractivity contribution in [3.63, 3.8) is 0 Å². The van der Waals surface area contributed by atoms with Crippen molar-refractivity contribution in [2.45, 2.75) is 0 Å². The van der Waals surface area contributed by atoms with Crippen LogP contribution in [-0.4, -0.2) is 34.5 Å². The van der Waals surface area contributed by atoms with E-state index in [1.54, 1.807) is 16.9 Å². The first-order valence-electron chi connectivity index (χ1n) is 8.85. The van der Waals surface area contributed by atoms with E-state index in [0.717, 1.165) is 44.4 Å². The fourth-order valence-corrected chi connectivity index (χ4v) is 3.43. The molecule has 7 nitrogen and oxygen atoms in total. The lowest BCUT2D eigenvalue weighted by atomic mass is 10.1. The summed E-state index contributed by atoms with van der Waals surface area (Å²) in [5.41, 5.74) is 5.29. The van der Waals surface area contributed by atoms with Crippen molar-refractivity contribution < 1.29 is 0 Å². The normalized spacial score (nSPS) is 11.6. The second-order valence-electron chi connectivity index (χ2n) is 6.52. The first kappa shape index (κ1) is 15.0. The van der Waals surface area contributed by atoms with Crippen LogP contribution < -0.4 is 0 Å². The van der Waals surface area contributed by atoms with Crippen molar-refractivity contribution in [3.8, 4) is 22.6 Å². The molecule has 0 fully saturated rings. The van der Waals surface area contributed by atoms with Gasteiger partial charge in [0.05, 0.1) is 11.2 Å². The molecule has 6 aromatic rings. The van der Waals surface area contributed by atoms with Crippen LogP contribution in [0.3, 0.4) is 0 Å². The Kier molecular flexibility index (Phi) is 3.04. The highest BCUT2D eigenvalue weighted by molar-refractivity contribution is 5.93. The van der Waals surface area contributed by atoms with Crippen molar-refractivity contribution in [1.29, 1.82) is 0 Å². The Morgan fingerprint density at radius 3 is 2.93 bits per heavy atom. The fourth-order valence-electron chi connectivity index (χ4n) is 3.43. The molecule has 0 atom stereocenters. The van der Waals surface area contributed by atoms with Gasteiger partial charge >= 0.3 is 0 Å². The third-order valence-corrected chi connectivity index (χ3v) is 4.82. The van der Waals surface area contributed by atoms with Gasteiger partial charge < -0.3 is 4.98 Å². The average Bonchev–Trinajstić information content (AvgIpc) is 3.39. The Labute approximate surface area is 158 Å². The Bertz CT molecular complexity index is 1480. The number of fused-ring (bicyclic) bond motifs is 3. The monoisotopic (exact) mass is 363 g/mol. The zero-order valence-electron chi connectivity index (χ0n) is 14.6. The van der Waals surface area contributed by atoms with E-state index in [0.29, 0.717) is 5.82 Å². The van der Waals surface area contributed by atoms with Crippen LogP contribution in [0.4, 0.5) is 0 Å². The molecule has 28 heavy (non-hydrogen) atoms. The molecule has 0 aliphatic rings. The van der Waals surface area contributed by atoms with Crippen LogP contribution >= 0.6 is 0 Å². The van der Waals surface area contributed by atoms with Gasteiger partial charge in [0.1, 0.15) is 5.65 Å². The molecule has 0 unspecified atom stereocenters. The summed E-state index contributed by atoms with van der Waals surface area (Å²) in [7, 11) is 0. The molecule has 5 aromatic heterocycles. The Balaban J connectivity index is 1.46. The molecule has 0 radical (unpaired) electrons. The van der Waals surface area contributed by atoms with E-state index in [9.17, 15) is 0 Å². The molecule has 0 saturated heterocycles. The summed E-state index contributed by atoms with van der Waals surface area (Å²) in [5.74, 6) is 0.671. The molecule has 0 spiro atoms. The minimum absolute atomic E-state index is 0.671. The number of hydrogen-bond donors (Lipinski definition) is 1. The van der Waals surface area contributed by atoms with Crippen LogP contribution in [0.15, 0.2) is 73.4 Å². The first-order valence-corrected chi connectivity index (χ1v) is 8.85. The molecule has 5 heterocycles. The zero-order chi connectivity index (χ0) is 18.5. The number of benzene rings is 1. The van der Waals surface area contributed by atoms with Gasteiger partial charge in [0.25, 0.3) is 0 Å². The van der Waals surface area contributed by atoms with E-state index in [4.69, 9.17) is 4.98 Å². The maximum absolute atomic E-state index is 4.72. The molecular formula is C21H13N7. The van der Waals surface area contributed by atoms with Crippen molar-refractivity contribution in [1.82, 2.24) is 34.5 Å². The maximum Gasteiger partial charge on any atom is 0.161 e. The third kappa shape index (κ3) is 2.26. The quantitative estimate of drug-likeness (QED) is 0.505. The predicted molar refractivity (Wildman–Crippen MR) is 107 cm³/mol. The van der Waals surface area contributed by atoms with Gasteiger partial charge in [-0.3, -0.25) is 4.98 Å². The van der Waals surface area contributed by atoms with E-state index in [-0.39, 0.29) is 0 Å². The highest BCUT2D eigenvalue weighted by Gasteiger charge is 2.12. The van der Waals surface area contributed by atoms with E-state index in [1.165, 1.54) is 0 Å². The molecule has 7 heteroatoms. The van der Waals surface area contributed by atoms with Crippen LogP contribution in [0.2, 0.25) is 0 Å². The van der Waals surface area contributed by atoms with E-state index in [2.05, 4.69) is 31.1 Å². The second-order valence-corrected chi connectivity index (χ2v) is 6.52. The molecule has 0 bridgehead atoms.